The number of amides is 2. The Morgan fingerprint density at radius 3 is 1.97 bits per heavy atom. The van der Waals surface area contributed by atoms with Crippen LogP contribution in [0.15, 0.2) is 109 Å². The van der Waals surface area contributed by atoms with Gasteiger partial charge < -0.3 is 20.1 Å². The van der Waals surface area contributed by atoms with Gasteiger partial charge in [0.15, 0.2) is 0 Å². The number of anilines is 1. The quantitative estimate of drug-likeness (QED) is 0.296. The van der Waals surface area contributed by atoms with Crippen molar-refractivity contribution in [2.75, 3.05) is 11.9 Å². The topological polar surface area (TPSA) is 76.7 Å². The van der Waals surface area contributed by atoms with E-state index in [9.17, 15) is 9.59 Å². The highest BCUT2D eigenvalue weighted by atomic mass is 16.5. The van der Waals surface area contributed by atoms with Gasteiger partial charge in [-0.3, -0.25) is 9.59 Å². The zero-order valence-electron chi connectivity index (χ0n) is 21.0. The minimum Gasteiger partial charge on any atom is -0.457 e. The molecule has 5 rings (SSSR count). The van der Waals surface area contributed by atoms with Gasteiger partial charge in [0.2, 0.25) is 11.8 Å². The van der Waals surface area contributed by atoms with Crippen LogP contribution in [0.2, 0.25) is 0 Å². The third-order valence-electron chi connectivity index (χ3n) is 6.55. The van der Waals surface area contributed by atoms with Gasteiger partial charge in [0.25, 0.3) is 0 Å². The van der Waals surface area contributed by atoms with Crippen molar-refractivity contribution in [3.8, 4) is 11.5 Å². The molecule has 0 heterocycles. The van der Waals surface area contributed by atoms with Crippen LogP contribution in [0.1, 0.15) is 16.7 Å². The van der Waals surface area contributed by atoms with Gasteiger partial charge in [-0.1, -0.05) is 72.8 Å². The van der Waals surface area contributed by atoms with Gasteiger partial charge >= 0.3 is 0 Å². The summed E-state index contributed by atoms with van der Waals surface area (Å²) in [5, 5.41) is 5.85. The molecule has 6 heteroatoms. The summed E-state index contributed by atoms with van der Waals surface area (Å²) in [6.07, 6.45) is 1.34. The second kappa shape index (κ2) is 12.2. The van der Waals surface area contributed by atoms with Gasteiger partial charge in [0.05, 0.1) is 13.2 Å². The number of fused-ring (bicyclic) bond motifs is 1. The summed E-state index contributed by atoms with van der Waals surface area (Å²) in [7, 11) is 0. The third-order valence-corrected chi connectivity index (χ3v) is 6.55. The molecule has 0 radical (unpaired) electrons. The number of hydrogen-bond acceptors (Lipinski definition) is 4. The molecule has 192 valence electrons. The fourth-order valence-electron chi connectivity index (χ4n) is 4.55. The van der Waals surface area contributed by atoms with Crippen LogP contribution in [0.5, 0.6) is 11.5 Å². The van der Waals surface area contributed by atoms with E-state index in [0.717, 1.165) is 11.3 Å². The molecule has 6 nitrogen and oxygen atoms in total. The molecule has 2 amide bonds. The molecule has 1 aliphatic rings. The van der Waals surface area contributed by atoms with Crippen molar-refractivity contribution in [2.24, 2.45) is 5.92 Å². The van der Waals surface area contributed by atoms with E-state index in [4.69, 9.17) is 9.47 Å². The number of carbonyl (C=O) groups excluding carboxylic acids is 2. The molecule has 1 atom stereocenters. The van der Waals surface area contributed by atoms with E-state index < -0.39 is 6.04 Å². The monoisotopic (exact) mass is 506 g/mol. The Balaban J connectivity index is 1.22. The smallest absolute Gasteiger partial charge is 0.249 e. The van der Waals surface area contributed by atoms with E-state index in [0.29, 0.717) is 30.9 Å². The first-order valence-electron chi connectivity index (χ1n) is 12.8. The van der Waals surface area contributed by atoms with Crippen LogP contribution in [-0.2, 0) is 33.8 Å². The Hall–Kier alpha value is -4.42. The zero-order chi connectivity index (χ0) is 26.2. The molecule has 1 aliphatic carbocycles. The predicted octanol–water partition coefficient (Wildman–Crippen LogP) is 5.53. The lowest BCUT2D eigenvalue weighted by Crippen LogP contribution is -2.48. The van der Waals surface area contributed by atoms with Gasteiger partial charge in [0, 0.05) is 11.6 Å². The Morgan fingerprint density at radius 1 is 0.737 bits per heavy atom. The number of benzene rings is 4. The molecule has 0 aliphatic heterocycles. The van der Waals surface area contributed by atoms with Crippen LogP contribution in [0, 0.1) is 5.92 Å². The fourth-order valence-corrected chi connectivity index (χ4v) is 4.55. The van der Waals surface area contributed by atoms with E-state index in [-0.39, 0.29) is 24.3 Å². The van der Waals surface area contributed by atoms with E-state index >= 15 is 0 Å². The van der Waals surface area contributed by atoms with Crippen LogP contribution < -0.4 is 15.4 Å². The Labute approximate surface area is 222 Å². The Bertz CT molecular complexity index is 1330. The number of rotatable bonds is 10. The Kier molecular flexibility index (Phi) is 8.11. The molecule has 4 aromatic carbocycles. The summed E-state index contributed by atoms with van der Waals surface area (Å²) in [6.45, 7) is 0.405. The first kappa shape index (κ1) is 25.2. The highest BCUT2D eigenvalue weighted by molar-refractivity contribution is 5.97. The van der Waals surface area contributed by atoms with Gasteiger partial charge in [-0.25, -0.2) is 0 Å². The van der Waals surface area contributed by atoms with Crippen molar-refractivity contribution >= 4 is 17.5 Å². The molecule has 0 aromatic heterocycles. The normalized spacial score (nSPS) is 13.4. The SMILES string of the molecule is O=C(NC(COCc1ccccc1)C(=O)Nc1ccc(Oc2ccccc2)cc1)C1Cc2ccccc2C1. The highest BCUT2D eigenvalue weighted by Crippen LogP contribution is 2.27. The van der Waals surface area contributed by atoms with Crippen molar-refractivity contribution in [3.05, 3.63) is 126 Å². The molecular weight excluding hydrogens is 476 g/mol. The van der Waals surface area contributed by atoms with Crippen molar-refractivity contribution in [1.29, 1.82) is 0 Å². The summed E-state index contributed by atoms with van der Waals surface area (Å²) in [5.41, 5.74) is 3.97. The van der Waals surface area contributed by atoms with Crippen LogP contribution in [0.4, 0.5) is 5.69 Å². The largest absolute Gasteiger partial charge is 0.457 e. The molecule has 38 heavy (non-hydrogen) atoms. The predicted molar refractivity (Wildman–Crippen MR) is 147 cm³/mol. The van der Waals surface area contributed by atoms with Crippen molar-refractivity contribution in [1.82, 2.24) is 5.32 Å². The number of hydrogen-bond donors (Lipinski definition) is 2. The first-order valence-corrected chi connectivity index (χ1v) is 12.8. The van der Waals surface area contributed by atoms with Crippen molar-refractivity contribution in [3.63, 3.8) is 0 Å². The molecule has 0 fully saturated rings. The van der Waals surface area contributed by atoms with Crippen LogP contribution >= 0.6 is 0 Å². The molecule has 0 spiro atoms. The number of ether oxygens (including phenoxy) is 2. The maximum Gasteiger partial charge on any atom is 0.249 e. The lowest BCUT2D eigenvalue weighted by atomic mass is 10.0. The average molecular weight is 507 g/mol. The van der Waals surface area contributed by atoms with E-state index in [1.165, 1.54) is 11.1 Å². The fraction of sp³-hybridized carbons (Fsp3) is 0.188. The van der Waals surface area contributed by atoms with Gasteiger partial charge in [-0.15, -0.1) is 0 Å². The van der Waals surface area contributed by atoms with E-state index in [2.05, 4.69) is 22.8 Å². The molecule has 0 saturated carbocycles. The minimum atomic E-state index is -0.838. The van der Waals surface area contributed by atoms with Crippen LogP contribution in [0.25, 0.3) is 0 Å². The number of para-hydroxylation sites is 1. The standard InChI is InChI=1S/C32H30N2O4/c35-31(26-19-24-11-7-8-12-25(24)20-26)34-30(22-37-21-23-9-3-1-4-10-23)32(36)33-27-15-17-29(18-16-27)38-28-13-5-2-6-14-28/h1-18,26,30H,19-22H2,(H,33,36)(H,34,35). The molecule has 2 N–H and O–H groups in total. The zero-order valence-corrected chi connectivity index (χ0v) is 21.0. The number of nitrogens with one attached hydrogen (secondary N) is 2. The van der Waals surface area contributed by atoms with Crippen molar-refractivity contribution < 1.29 is 19.1 Å². The summed E-state index contributed by atoms with van der Waals surface area (Å²) in [4.78, 5) is 26.4. The summed E-state index contributed by atoms with van der Waals surface area (Å²) in [5.74, 6) is 0.712. The first-order chi connectivity index (χ1) is 18.6. The lowest BCUT2D eigenvalue weighted by molar-refractivity contribution is -0.130. The number of carbonyl (C=O) groups is 2. The lowest BCUT2D eigenvalue weighted by Gasteiger charge is -2.21. The average Bonchev–Trinajstić information content (AvgIpc) is 3.39. The van der Waals surface area contributed by atoms with Crippen LogP contribution in [-0.4, -0.2) is 24.5 Å². The molecule has 0 saturated heterocycles. The summed E-state index contributed by atoms with van der Waals surface area (Å²) in [6, 6.07) is 33.6. The maximum atomic E-state index is 13.3. The molecule has 4 aromatic rings. The van der Waals surface area contributed by atoms with Crippen LogP contribution in [0.3, 0.4) is 0 Å². The summed E-state index contributed by atoms with van der Waals surface area (Å²) < 4.78 is 11.7. The molecule has 0 bridgehead atoms. The van der Waals surface area contributed by atoms with E-state index in [1.54, 1.807) is 24.3 Å². The molecular formula is C32H30N2O4. The minimum absolute atomic E-state index is 0.0569. The summed E-state index contributed by atoms with van der Waals surface area (Å²) >= 11 is 0. The third kappa shape index (κ3) is 6.66. The second-order valence-electron chi connectivity index (χ2n) is 9.36. The highest BCUT2D eigenvalue weighted by Gasteiger charge is 2.30. The van der Waals surface area contributed by atoms with Crippen molar-refractivity contribution in [2.45, 2.75) is 25.5 Å². The molecule has 1 unspecified atom stereocenters. The maximum absolute atomic E-state index is 13.3. The van der Waals surface area contributed by atoms with Gasteiger partial charge in [0.1, 0.15) is 17.5 Å². The second-order valence-corrected chi connectivity index (χ2v) is 9.36. The van der Waals surface area contributed by atoms with Gasteiger partial charge in [-0.2, -0.15) is 0 Å². The van der Waals surface area contributed by atoms with E-state index in [1.807, 2.05) is 72.8 Å². The van der Waals surface area contributed by atoms with Gasteiger partial charge in [-0.05, 0) is 65.9 Å². The Morgan fingerprint density at radius 2 is 1.32 bits per heavy atom.